The van der Waals surface area contributed by atoms with Crippen molar-refractivity contribution in [3.63, 3.8) is 0 Å². The van der Waals surface area contributed by atoms with Gasteiger partial charge in [0.25, 0.3) is 0 Å². The van der Waals surface area contributed by atoms with Crippen LogP contribution >= 0.6 is 0 Å². The van der Waals surface area contributed by atoms with E-state index in [2.05, 4.69) is 28.8 Å². The first kappa shape index (κ1) is 11.1. The molecular formula is C15H22N2. The molecule has 1 aromatic carbocycles. The zero-order chi connectivity index (χ0) is 11.5. The fourth-order valence-electron chi connectivity index (χ4n) is 3.04. The molecule has 0 spiro atoms. The summed E-state index contributed by atoms with van der Waals surface area (Å²) >= 11 is 0. The number of benzene rings is 1. The van der Waals surface area contributed by atoms with Gasteiger partial charge in [-0.1, -0.05) is 6.07 Å². The summed E-state index contributed by atoms with van der Waals surface area (Å²) in [7, 11) is 0. The van der Waals surface area contributed by atoms with Crippen molar-refractivity contribution in [3.05, 3.63) is 29.3 Å². The van der Waals surface area contributed by atoms with Gasteiger partial charge in [-0.3, -0.25) is 0 Å². The fraction of sp³-hybridized carbons (Fsp3) is 0.600. The summed E-state index contributed by atoms with van der Waals surface area (Å²) in [6.07, 6.45) is 6.59. The van der Waals surface area contributed by atoms with E-state index in [1.807, 2.05) is 0 Å². The van der Waals surface area contributed by atoms with Gasteiger partial charge in [0.2, 0.25) is 0 Å². The monoisotopic (exact) mass is 230 g/mol. The first-order valence-corrected chi connectivity index (χ1v) is 6.98. The molecule has 1 fully saturated rings. The van der Waals surface area contributed by atoms with Gasteiger partial charge >= 0.3 is 0 Å². The lowest BCUT2D eigenvalue weighted by Gasteiger charge is -2.23. The van der Waals surface area contributed by atoms with Crippen molar-refractivity contribution >= 4 is 5.69 Å². The number of nitrogens with one attached hydrogen (secondary N) is 2. The smallest absolute Gasteiger partial charge is 0.0343 e. The third-order valence-electron chi connectivity index (χ3n) is 4.09. The molecular weight excluding hydrogens is 208 g/mol. The zero-order valence-electron chi connectivity index (χ0n) is 10.5. The first-order valence-electron chi connectivity index (χ1n) is 6.98. The Bertz CT molecular complexity index is 381. The van der Waals surface area contributed by atoms with Gasteiger partial charge in [-0.05, 0) is 74.4 Å². The third-order valence-corrected chi connectivity index (χ3v) is 4.09. The van der Waals surface area contributed by atoms with Crippen LogP contribution in [0.2, 0.25) is 0 Å². The van der Waals surface area contributed by atoms with Gasteiger partial charge < -0.3 is 10.6 Å². The molecule has 0 amide bonds. The molecule has 0 aromatic heterocycles. The van der Waals surface area contributed by atoms with Crippen molar-refractivity contribution in [1.82, 2.24) is 5.32 Å². The molecule has 2 nitrogen and oxygen atoms in total. The van der Waals surface area contributed by atoms with Crippen LogP contribution in [-0.2, 0) is 12.8 Å². The van der Waals surface area contributed by atoms with Gasteiger partial charge in [0.1, 0.15) is 0 Å². The average Bonchev–Trinajstić information content (AvgIpc) is 2.85. The largest absolute Gasteiger partial charge is 0.385 e. The van der Waals surface area contributed by atoms with Crippen LogP contribution in [-0.4, -0.2) is 19.6 Å². The quantitative estimate of drug-likeness (QED) is 0.834. The number of piperidine rings is 1. The number of hydrogen-bond donors (Lipinski definition) is 2. The van der Waals surface area contributed by atoms with Crippen LogP contribution in [0.1, 0.15) is 30.4 Å². The number of hydrogen-bond acceptors (Lipinski definition) is 2. The Labute approximate surface area is 104 Å². The second kappa shape index (κ2) is 5.09. The summed E-state index contributed by atoms with van der Waals surface area (Å²) in [4.78, 5) is 0. The van der Waals surface area contributed by atoms with E-state index in [-0.39, 0.29) is 0 Å². The van der Waals surface area contributed by atoms with E-state index in [1.54, 1.807) is 11.1 Å². The Hall–Kier alpha value is -1.02. The Morgan fingerprint density at radius 2 is 2.12 bits per heavy atom. The van der Waals surface area contributed by atoms with Crippen molar-refractivity contribution in [2.45, 2.75) is 32.1 Å². The van der Waals surface area contributed by atoms with E-state index >= 15 is 0 Å². The van der Waals surface area contributed by atoms with Gasteiger partial charge in [0.05, 0.1) is 0 Å². The van der Waals surface area contributed by atoms with Crippen molar-refractivity contribution in [3.8, 4) is 0 Å². The van der Waals surface area contributed by atoms with Crippen LogP contribution in [0.4, 0.5) is 5.69 Å². The summed E-state index contributed by atoms with van der Waals surface area (Å²) in [5.41, 5.74) is 4.45. The highest BCUT2D eigenvalue weighted by atomic mass is 14.9. The molecule has 0 radical (unpaired) electrons. The molecule has 0 bridgehead atoms. The summed E-state index contributed by atoms with van der Waals surface area (Å²) in [6.45, 7) is 3.50. The van der Waals surface area contributed by atoms with E-state index in [0.717, 1.165) is 12.5 Å². The molecule has 0 saturated carbocycles. The van der Waals surface area contributed by atoms with Gasteiger partial charge in [0.15, 0.2) is 0 Å². The lowest BCUT2D eigenvalue weighted by atomic mass is 9.99. The molecule has 2 aliphatic rings. The second-order valence-corrected chi connectivity index (χ2v) is 5.43. The SMILES string of the molecule is c1cc2c(cc1NCC1CCCNC1)CCC2. The van der Waals surface area contributed by atoms with E-state index in [4.69, 9.17) is 0 Å². The molecule has 1 aliphatic heterocycles. The summed E-state index contributed by atoms with van der Waals surface area (Å²) in [5.74, 6) is 0.803. The van der Waals surface area contributed by atoms with Crippen LogP contribution in [0.15, 0.2) is 18.2 Å². The van der Waals surface area contributed by atoms with Crippen molar-refractivity contribution in [2.24, 2.45) is 5.92 Å². The summed E-state index contributed by atoms with van der Waals surface area (Å²) in [6, 6.07) is 6.92. The lowest BCUT2D eigenvalue weighted by Crippen LogP contribution is -2.33. The van der Waals surface area contributed by atoms with Crippen molar-refractivity contribution < 1.29 is 0 Å². The normalized spacial score (nSPS) is 23.4. The van der Waals surface area contributed by atoms with Crippen LogP contribution in [0.5, 0.6) is 0 Å². The Balaban J connectivity index is 1.57. The Kier molecular flexibility index (Phi) is 3.32. The minimum absolute atomic E-state index is 0.803. The molecule has 2 N–H and O–H groups in total. The lowest BCUT2D eigenvalue weighted by molar-refractivity contribution is 0.393. The molecule has 3 rings (SSSR count). The van der Waals surface area contributed by atoms with Crippen LogP contribution in [0, 0.1) is 5.92 Å². The average molecular weight is 230 g/mol. The highest BCUT2D eigenvalue weighted by molar-refractivity contribution is 5.50. The molecule has 92 valence electrons. The maximum Gasteiger partial charge on any atom is 0.0343 e. The van der Waals surface area contributed by atoms with E-state index in [0.29, 0.717) is 0 Å². The van der Waals surface area contributed by atoms with E-state index < -0.39 is 0 Å². The molecule has 1 unspecified atom stereocenters. The van der Waals surface area contributed by atoms with Crippen LogP contribution < -0.4 is 10.6 Å². The van der Waals surface area contributed by atoms with Crippen molar-refractivity contribution in [2.75, 3.05) is 25.0 Å². The summed E-state index contributed by atoms with van der Waals surface area (Å²) < 4.78 is 0. The molecule has 17 heavy (non-hydrogen) atoms. The van der Waals surface area contributed by atoms with E-state index in [1.165, 1.54) is 50.9 Å². The molecule has 1 aromatic rings. The van der Waals surface area contributed by atoms with Crippen LogP contribution in [0.3, 0.4) is 0 Å². The number of rotatable bonds is 3. The highest BCUT2D eigenvalue weighted by Gasteiger charge is 2.14. The Morgan fingerprint density at radius 1 is 1.18 bits per heavy atom. The minimum atomic E-state index is 0.803. The van der Waals surface area contributed by atoms with E-state index in [9.17, 15) is 0 Å². The molecule has 2 heteroatoms. The number of anilines is 1. The molecule has 1 atom stereocenters. The van der Waals surface area contributed by atoms with Gasteiger partial charge in [-0.25, -0.2) is 0 Å². The van der Waals surface area contributed by atoms with Crippen LogP contribution in [0.25, 0.3) is 0 Å². The molecule has 1 heterocycles. The maximum atomic E-state index is 3.60. The zero-order valence-corrected chi connectivity index (χ0v) is 10.5. The predicted octanol–water partition coefficient (Wildman–Crippen LogP) is 2.59. The summed E-state index contributed by atoms with van der Waals surface area (Å²) in [5, 5.41) is 7.08. The first-order chi connectivity index (χ1) is 8.42. The standard InChI is InChI=1S/C15H22N2/c1-4-13-6-7-15(9-14(13)5-1)17-11-12-3-2-8-16-10-12/h6-7,9,12,16-17H,1-5,8,10-11H2. The second-order valence-electron chi connectivity index (χ2n) is 5.43. The minimum Gasteiger partial charge on any atom is -0.385 e. The molecule has 1 aliphatic carbocycles. The van der Waals surface area contributed by atoms with Gasteiger partial charge in [0, 0.05) is 12.2 Å². The maximum absolute atomic E-state index is 3.60. The predicted molar refractivity (Wildman–Crippen MR) is 72.6 cm³/mol. The van der Waals surface area contributed by atoms with Gasteiger partial charge in [-0.2, -0.15) is 0 Å². The van der Waals surface area contributed by atoms with Crippen molar-refractivity contribution in [1.29, 1.82) is 0 Å². The van der Waals surface area contributed by atoms with Gasteiger partial charge in [-0.15, -0.1) is 0 Å². The third kappa shape index (κ3) is 2.63. The Morgan fingerprint density at radius 3 is 3.00 bits per heavy atom. The molecule has 1 saturated heterocycles. The fourth-order valence-corrected chi connectivity index (χ4v) is 3.04. The number of fused-ring (bicyclic) bond motifs is 1. The topological polar surface area (TPSA) is 24.1 Å². The number of aryl methyl sites for hydroxylation is 2. The highest BCUT2D eigenvalue weighted by Crippen LogP contribution is 2.25.